The van der Waals surface area contributed by atoms with Gasteiger partial charge in [0.15, 0.2) is 0 Å². The largest absolute Gasteiger partial charge is 0.205 e. The maximum absolute atomic E-state index is 14.4. The van der Waals surface area contributed by atoms with Crippen molar-refractivity contribution in [3.05, 3.63) is 64.4 Å². The lowest BCUT2D eigenvalue weighted by Crippen LogP contribution is -2.05. The van der Waals surface area contributed by atoms with Crippen LogP contribution in [0.15, 0.2) is 42.5 Å². The topological polar surface area (TPSA) is 0 Å². The number of allylic oxidation sites excluding steroid dienone is 2. The lowest BCUT2D eigenvalue weighted by atomic mass is 9.83. The minimum atomic E-state index is -0.328. The second-order valence-electron chi connectivity index (χ2n) is 7.50. The van der Waals surface area contributed by atoms with Crippen LogP contribution in [0.3, 0.4) is 0 Å². The maximum atomic E-state index is 14.4. The zero-order valence-corrected chi connectivity index (χ0v) is 16.6. The number of hydrogen-bond donors (Lipinski definition) is 0. The van der Waals surface area contributed by atoms with Gasteiger partial charge in [-0.1, -0.05) is 86.7 Å². The van der Waals surface area contributed by atoms with Crippen molar-refractivity contribution >= 4 is 17.2 Å². The number of rotatable bonds is 6. The summed E-state index contributed by atoms with van der Waals surface area (Å²) < 4.78 is 14.4. The number of hydrogen-bond acceptors (Lipinski definition) is 0. The third-order valence-corrected chi connectivity index (χ3v) is 6.04. The standard InChI is InChI=1S/C24H28ClF/c1-3-4-5-6-18-8-10-19(11-9-18)20-12-14-21(15-13-20)22-16-7-17(2)23(25)24(22)26/h7,10,12-16,18H,3-6,8-9,11H2,1-2H3. The fourth-order valence-corrected chi connectivity index (χ4v) is 3.99. The van der Waals surface area contributed by atoms with Gasteiger partial charge in [0.05, 0.1) is 5.02 Å². The Balaban J connectivity index is 1.70. The quantitative estimate of drug-likeness (QED) is 0.449. The Morgan fingerprint density at radius 2 is 1.77 bits per heavy atom. The second-order valence-corrected chi connectivity index (χ2v) is 7.88. The van der Waals surface area contributed by atoms with Crippen molar-refractivity contribution in [3.63, 3.8) is 0 Å². The van der Waals surface area contributed by atoms with E-state index in [0.717, 1.165) is 23.5 Å². The van der Waals surface area contributed by atoms with Gasteiger partial charge in [0.25, 0.3) is 0 Å². The van der Waals surface area contributed by atoms with Crippen molar-refractivity contribution < 1.29 is 4.39 Å². The molecule has 2 aromatic rings. The van der Waals surface area contributed by atoms with E-state index in [4.69, 9.17) is 11.6 Å². The van der Waals surface area contributed by atoms with Crippen LogP contribution in [0.1, 0.15) is 63.0 Å². The summed E-state index contributed by atoms with van der Waals surface area (Å²) >= 11 is 6.06. The first kappa shape index (κ1) is 19.2. The van der Waals surface area contributed by atoms with Crippen LogP contribution in [0.4, 0.5) is 4.39 Å². The molecule has 26 heavy (non-hydrogen) atoms. The highest BCUT2D eigenvalue weighted by molar-refractivity contribution is 6.31. The SMILES string of the molecule is CCCCCC1CC=C(c2ccc(-c3ccc(C)c(Cl)c3F)cc2)CC1. The summed E-state index contributed by atoms with van der Waals surface area (Å²) in [5, 5.41) is 0.218. The molecule has 138 valence electrons. The second kappa shape index (κ2) is 8.86. The van der Waals surface area contributed by atoms with Crippen LogP contribution in [0, 0.1) is 18.7 Å². The normalized spacial score (nSPS) is 17.2. The molecule has 0 N–H and O–H groups in total. The number of halogens is 2. The molecule has 2 heteroatoms. The van der Waals surface area contributed by atoms with Crippen LogP contribution < -0.4 is 0 Å². The predicted octanol–water partition coefficient (Wildman–Crippen LogP) is 8.22. The van der Waals surface area contributed by atoms with E-state index >= 15 is 0 Å². The molecule has 0 saturated carbocycles. The van der Waals surface area contributed by atoms with Gasteiger partial charge in [-0.3, -0.25) is 0 Å². The average Bonchev–Trinajstić information content (AvgIpc) is 2.67. The Bertz CT molecular complexity index is 774. The molecule has 2 aromatic carbocycles. The molecular formula is C24H28ClF. The summed E-state index contributed by atoms with van der Waals surface area (Å²) in [6.45, 7) is 4.09. The Hall–Kier alpha value is -1.60. The van der Waals surface area contributed by atoms with Crippen molar-refractivity contribution in [1.29, 1.82) is 0 Å². The molecular weight excluding hydrogens is 343 g/mol. The monoisotopic (exact) mass is 370 g/mol. The number of aryl methyl sites for hydroxylation is 1. The molecule has 0 bridgehead atoms. The van der Waals surface area contributed by atoms with Gasteiger partial charge in [-0.05, 0) is 54.4 Å². The van der Waals surface area contributed by atoms with E-state index in [-0.39, 0.29) is 10.8 Å². The number of benzene rings is 2. The van der Waals surface area contributed by atoms with Crippen molar-refractivity contribution in [2.24, 2.45) is 5.92 Å². The third-order valence-electron chi connectivity index (χ3n) is 5.58. The molecule has 1 aliphatic rings. The zero-order chi connectivity index (χ0) is 18.5. The van der Waals surface area contributed by atoms with Gasteiger partial charge in [-0.25, -0.2) is 4.39 Å². The Morgan fingerprint density at radius 3 is 2.42 bits per heavy atom. The van der Waals surface area contributed by atoms with Gasteiger partial charge in [0, 0.05) is 5.56 Å². The smallest absolute Gasteiger partial charge is 0.149 e. The molecule has 0 amide bonds. The lowest BCUT2D eigenvalue weighted by molar-refractivity contribution is 0.428. The van der Waals surface area contributed by atoms with Crippen LogP contribution in [0.2, 0.25) is 5.02 Å². The van der Waals surface area contributed by atoms with Crippen LogP contribution in [0.25, 0.3) is 16.7 Å². The van der Waals surface area contributed by atoms with Crippen LogP contribution in [-0.4, -0.2) is 0 Å². The summed E-state index contributed by atoms with van der Waals surface area (Å²) in [6, 6.07) is 11.9. The first-order valence-corrected chi connectivity index (χ1v) is 10.2. The van der Waals surface area contributed by atoms with E-state index in [1.54, 1.807) is 0 Å². The molecule has 0 nitrogen and oxygen atoms in total. The summed E-state index contributed by atoms with van der Waals surface area (Å²) in [5.41, 5.74) is 4.92. The van der Waals surface area contributed by atoms with Gasteiger partial charge >= 0.3 is 0 Å². The first-order chi connectivity index (χ1) is 12.6. The molecule has 3 rings (SSSR count). The van der Waals surface area contributed by atoms with Crippen molar-refractivity contribution in [2.45, 2.75) is 58.8 Å². The molecule has 0 aromatic heterocycles. The minimum absolute atomic E-state index is 0.218. The average molecular weight is 371 g/mol. The van der Waals surface area contributed by atoms with Gasteiger partial charge in [0.1, 0.15) is 5.82 Å². The van der Waals surface area contributed by atoms with E-state index in [2.05, 4.69) is 25.1 Å². The Morgan fingerprint density at radius 1 is 1.04 bits per heavy atom. The van der Waals surface area contributed by atoms with E-state index in [1.165, 1.54) is 49.7 Å². The highest BCUT2D eigenvalue weighted by Gasteiger charge is 2.16. The van der Waals surface area contributed by atoms with Crippen LogP contribution >= 0.6 is 11.6 Å². The summed E-state index contributed by atoms with van der Waals surface area (Å²) in [4.78, 5) is 0. The molecule has 0 heterocycles. The molecule has 1 atom stereocenters. The van der Waals surface area contributed by atoms with E-state index in [0.29, 0.717) is 5.56 Å². The van der Waals surface area contributed by atoms with E-state index in [9.17, 15) is 4.39 Å². The minimum Gasteiger partial charge on any atom is -0.205 e. The maximum Gasteiger partial charge on any atom is 0.149 e. The van der Waals surface area contributed by atoms with E-state index in [1.807, 2.05) is 31.2 Å². The highest BCUT2D eigenvalue weighted by atomic mass is 35.5. The molecule has 0 aliphatic heterocycles. The number of unbranched alkanes of at least 4 members (excludes halogenated alkanes) is 2. The molecule has 0 radical (unpaired) electrons. The summed E-state index contributed by atoms with van der Waals surface area (Å²) in [5.74, 6) is 0.527. The highest BCUT2D eigenvalue weighted by Crippen LogP contribution is 2.35. The first-order valence-electron chi connectivity index (χ1n) is 9.84. The van der Waals surface area contributed by atoms with Crippen molar-refractivity contribution in [3.8, 4) is 11.1 Å². The molecule has 0 spiro atoms. The third kappa shape index (κ3) is 4.38. The molecule has 0 saturated heterocycles. The Labute approximate surface area is 162 Å². The Kier molecular flexibility index (Phi) is 6.53. The van der Waals surface area contributed by atoms with Crippen LogP contribution in [0.5, 0.6) is 0 Å². The van der Waals surface area contributed by atoms with Crippen molar-refractivity contribution in [2.75, 3.05) is 0 Å². The molecule has 0 fully saturated rings. The molecule has 1 aliphatic carbocycles. The van der Waals surface area contributed by atoms with Gasteiger partial charge in [0.2, 0.25) is 0 Å². The van der Waals surface area contributed by atoms with Gasteiger partial charge in [-0.15, -0.1) is 0 Å². The predicted molar refractivity (Wildman–Crippen MR) is 111 cm³/mol. The van der Waals surface area contributed by atoms with Crippen molar-refractivity contribution in [1.82, 2.24) is 0 Å². The van der Waals surface area contributed by atoms with Gasteiger partial charge < -0.3 is 0 Å². The van der Waals surface area contributed by atoms with Gasteiger partial charge in [-0.2, -0.15) is 0 Å². The fourth-order valence-electron chi connectivity index (χ4n) is 3.83. The summed E-state index contributed by atoms with van der Waals surface area (Å²) in [6.07, 6.45) is 11.4. The fraction of sp³-hybridized carbons (Fsp3) is 0.417. The zero-order valence-electron chi connectivity index (χ0n) is 15.8. The molecule has 1 unspecified atom stereocenters. The van der Waals surface area contributed by atoms with E-state index < -0.39 is 0 Å². The summed E-state index contributed by atoms with van der Waals surface area (Å²) in [7, 11) is 0. The lowest BCUT2D eigenvalue weighted by Gasteiger charge is -2.22. The van der Waals surface area contributed by atoms with Crippen LogP contribution in [-0.2, 0) is 0 Å².